The molecule has 1 aliphatic heterocycles. The molecule has 1 atom stereocenters. The summed E-state index contributed by atoms with van der Waals surface area (Å²) in [5.74, 6) is 0.892. The SMILES string of the molecule is COc1cc(C2N=C(NC#N)Nc3nc(N)c(C#N)c(N)c32)ccc1OCC(=O)c1ccccc1. The molecule has 35 heavy (non-hydrogen) atoms. The highest BCUT2D eigenvalue weighted by molar-refractivity contribution is 5.98. The molecule has 1 aromatic heterocycles. The summed E-state index contributed by atoms with van der Waals surface area (Å²) >= 11 is 0. The number of methoxy groups -OCH3 is 1. The largest absolute Gasteiger partial charge is 0.493 e. The van der Waals surface area contributed by atoms with Crippen molar-refractivity contribution in [2.45, 2.75) is 6.04 Å². The Morgan fingerprint density at radius 1 is 1.17 bits per heavy atom. The maximum absolute atomic E-state index is 12.4. The minimum absolute atomic E-state index is 0.0359. The Kier molecular flexibility index (Phi) is 6.33. The first-order valence-corrected chi connectivity index (χ1v) is 10.3. The van der Waals surface area contributed by atoms with Gasteiger partial charge in [-0.15, -0.1) is 0 Å². The van der Waals surface area contributed by atoms with Crippen molar-refractivity contribution < 1.29 is 14.3 Å². The minimum Gasteiger partial charge on any atom is -0.493 e. The lowest BCUT2D eigenvalue weighted by atomic mass is 9.95. The summed E-state index contributed by atoms with van der Waals surface area (Å²) in [4.78, 5) is 21.2. The molecule has 6 N–H and O–H groups in total. The topological polar surface area (TPSA) is 184 Å². The maximum Gasteiger partial charge on any atom is 0.211 e. The Morgan fingerprint density at radius 2 is 1.94 bits per heavy atom. The van der Waals surface area contributed by atoms with Crippen LogP contribution in [-0.2, 0) is 0 Å². The summed E-state index contributed by atoms with van der Waals surface area (Å²) in [6, 6.07) is 15.1. The number of ketones is 1. The predicted octanol–water partition coefficient (Wildman–Crippen LogP) is 2.33. The van der Waals surface area contributed by atoms with E-state index in [1.807, 2.05) is 12.1 Å². The molecule has 174 valence electrons. The van der Waals surface area contributed by atoms with E-state index in [0.717, 1.165) is 0 Å². The number of aromatic nitrogens is 1. The Balaban J connectivity index is 1.70. The first kappa shape index (κ1) is 22.9. The lowest BCUT2D eigenvalue weighted by Crippen LogP contribution is -2.32. The van der Waals surface area contributed by atoms with Gasteiger partial charge in [0.05, 0.1) is 12.8 Å². The maximum atomic E-state index is 12.4. The number of nitrogen functional groups attached to an aromatic ring is 2. The van der Waals surface area contributed by atoms with Crippen molar-refractivity contribution in [2.75, 3.05) is 30.5 Å². The van der Waals surface area contributed by atoms with Gasteiger partial charge in [-0.3, -0.25) is 10.1 Å². The van der Waals surface area contributed by atoms with Crippen LogP contribution in [0.5, 0.6) is 11.5 Å². The molecule has 0 saturated heterocycles. The number of Topliss-reactive ketones (excluding diaryl/α,β-unsaturated/α-hetero) is 1. The third-order valence-electron chi connectivity index (χ3n) is 5.32. The van der Waals surface area contributed by atoms with Gasteiger partial charge in [0.1, 0.15) is 29.3 Å². The fraction of sp³-hybridized carbons (Fsp3) is 0.125. The van der Waals surface area contributed by atoms with Gasteiger partial charge < -0.3 is 26.3 Å². The zero-order valence-electron chi connectivity index (χ0n) is 18.6. The fourth-order valence-corrected chi connectivity index (χ4v) is 3.65. The number of pyridine rings is 1. The van der Waals surface area contributed by atoms with Crippen LogP contribution >= 0.6 is 0 Å². The molecule has 0 bridgehead atoms. The van der Waals surface area contributed by atoms with Crippen molar-refractivity contribution in [3.63, 3.8) is 0 Å². The second-order valence-corrected chi connectivity index (χ2v) is 7.39. The highest BCUT2D eigenvalue weighted by Gasteiger charge is 2.30. The van der Waals surface area contributed by atoms with E-state index in [1.54, 1.807) is 48.7 Å². The molecule has 0 radical (unpaired) electrons. The van der Waals surface area contributed by atoms with Crippen LogP contribution in [0.15, 0.2) is 53.5 Å². The Hall–Kier alpha value is -5.29. The van der Waals surface area contributed by atoms with Crippen molar-refractivity contribution >= 4 is 29.1 Å². The monoisotopic (exact) mass is 468 g/mol. The highest BCUT2D eigenvalue weighted by atomic mass is 16.5. The quantitative estimate of drug-likeness (QED) is 0.238. The van der Waals surface area contributed by atoms with E-state index < -0.39 is 6.04 Å². The van der Waals surface area contributed by atoms with Crippen molar-refractivity contribution in [1.82, 2.24) is 10.3 Å². The van der Waals surface area contributed by atoms with Gasteiger partial charge in [-0.05, 0) is 17.7 Å². The van der Waals surface area contributed by atoms with Gasteiger partial charge in [0, 0.05) is 11.1 Å². The average Bonchev–Trinajstić information content (AvgIpc) is 2.87. The van der Waals surface area contributed by atoms with Crippen molar-refractivity contribution in [2.24, 2.45) is 4.99 Å². The number of anilines is 3. The number of carbonyl (C=O) groups excluding carboxylic acids is 1. The number of aliphatic imine (C=N–C) groups is 1. The first-order valence-electron chi connectivity index (χ1n) is 10.3. The van der Waals surface area contributed by atoms with E-state index in [9.17, 15) is 10.1 Å². The highest BCUT2D eigenvalue weighted by Crippen LogP contribution is 2.42. The second kappa shape index (κ2) is 9.68. The van der Waals surface area contributed by atoms with Gasteiger partial charge in [0.2, 0.25) is 5.96 Å². The molecule has 2 heterocycles. The summed E-state index contributed by atoms with van der Waals surface area (Å²) in [6.07, 6.45) is 1.80. The zero-order chi connectivity index (χ0) is 24.9. The molecular weight excluding hydrogens is 448 g/mol. The van der Waals surface area contributed by atoms with E-state index in [4.69, 9.17) is 26.2 Å². The Morgan fingerprint density at radius 3 is 2.63 bits per heavy atom. The standard InChI is InChI=1S/C24H20N8O3/c1-34-18-9-14(7-8-17(18)35-11-16(33)13-5-3-2-4-6-13)21-19-20(27)15(10-25)22(28)31-23(19)32-24(30-21)29-12-26/h2-9,21H,11H2,1H3,(H6,27,28,29,30,31,32). The van der Waals surface area contributed by atoms with Crippen LogP contribution in [0.2, 0.25) is 0 Å². The van der Waals surface area contributed by atoms with Gasteiger partial charge >= 0.3 is 0 Å². The van der Waals surface area contributed by atoms with Crippen LogP contribution in [0.25, 0.3) is 0 Å². The van der Waals surface area contributed by atoms with Crippen LogP contribution in [0.1, 0.15) is 33.1 Å². The van der Waals surface area contributed by atoms with Gasteiger partial charge in [-0.25, -0.2) is 9.98 Å². The molecule has 1 unspecified atom stereocenters. The van der Waals surface area contributed by atoms with E-state index in [-0.39, 0.29) is 41.2 Å². The Labute approximate surface area is 200 Å². The summed E-state index contributed by atoms with van der Waals surface area (Å²) in [7, 11) is 1.47. The number of hydrogen-bond donors (Lipinski definition) is 4. The number of nitrogens with one attached hydrogen (secondary N) is 2. The summed E-state index contributed by atoms with van der Waals surface area (Å²) in [6.45, 7) is -0.175. The fourth-order valence-electron chi connectivity index (χ4n) is 3.65. The summed E-state index contributed by atoms with van der Waals surface area (Å²) in [5.41, 5.74) is 13.9. The first-order chi connectivity index (χ1) is 17.0. The summed E-state index contributed by atoms with van der Waals surface area (Å²) in [5, 5.41) is 23.8. The van der Waals surface area contributed by atoms with E-state index in [1.165, 1.54) is 7.11 Å². The number of rotatable bonds is 6. The van der Waals surface area contributed by atoms with Crippen LogP contribution in [0, 0.1) is 22.8 Å². The van der Waals surface area contributed by atoms with Crippen LogP contribution in [-0.4, -0.2) is 30.4 Å². The number of carbonyl (C=O) groups is 1. The van der Waals surface area contributed by atoms with E-state index in [0.29, 0.717) is 28.2 Å². The van der Waals surface area contributed by atoms with E-state index in [2.05, 4.69) is 20.6 Å². The number of fused-ring (bicyclic) bond motifs is 1. The molecule has 11 nitrogen and oxygen atoms in total. The predicted molar refractivity (Wildman–Crippen MR) is 129 cm³/mol. The number of benzene rings is 2. The van der Waals surface area contributed by atoms with Gasteiger partial charge in [0.25, 0.3) is 0 Å². The normalized spacial score (nSPS) is 13.8. The Bertz CT molecular complexity index is 1410. The zero-order valence-corrected chi connectivity index (χ0v) is 18.6. The molecule has 0 aliphatic carbocycles. The smallest absolute Gasteiger partial charge is 0.211 e. The molecule has 1 aliphatic rings. The molecule has 0 amide bonds. The van der Waals surface area contributed by atoms with Crippen LogP contribution < -0.4 is 31.6 Å². The number of guanidine groups is 1. The number of nitriles is 2. The van der Waals surface area contributed by atoms with Crippen molar-refractivity contribution in [3.05, 3.63) is 70.8 Å². The lowest BCUT2D eigenvalue weighted by Gasteiger charge is -2.26. The molecule has 2 aromatic carbocycles. The number of nitrogens with zero attached hydrogens (tertiary/aromatic N) is 4. The molecule has 11 heteroatoms. The van der Waals surface area contributed by atoms with Gasteiger partial charge in [0.15, 0.2) is 30.1 Å². The van der Waals surface area contributed by atoms with E-state index >= 15 is 0 Å². The third kappa shape index (κ3) is 4.47. The van der Waals surface area contributed by atoms with Crippen LogP contribution in [0.3, 0.4) is 0 Å². The molecule has 0 fully saturated rings. The summed E-state index contributed by atoms with van der Waals surface area (Å²) < 4.78 is 11.2. The van der Waals surface area contributed by atoms with Crippen molar-refractivity contribution in [3.8, 4) is 23.8 Å². The number of hydrogen-bond acceptors (Lipinski definition) is 11. The molecule has 0 saturated carbocycles. The molecule has 3 aromatic rings. The second-order valence-electron chi connectivity index (χ2n) is 7.39. The average molecular weight is 468 g/mol. The lowest BCUT2D eigenvalue weighted by molar-refractivity contribution is 0.0919. The number of ether oxygens (including phenoxy) is 2. The van der Waals surface area contributed by atoms with Gasteiger partial charge in [-0.2, -0.15) is 10.5 Å². The number of nitrogens with two attached hydrogens (primary N) is 2. The van der Waals surface area contributed by atoms with Gasteiger partial charge in [-0.1, -0.05) is 36.4 Å². The van der Waals surface area contributed by atoms with Crippen molar-refractivity contribution in [1.29, 1.82) is 10.5 Å². The molecular formula is C24H20N8O3. The minimum atomic E-state index is -0.740. The third-order valence-corrected chi connectivity index (χ3v) is 5.32. The molecule has 4 rings (SSSR count). The molecule has 0 spiro atoms. The van der Waals surface area contributed by atoms with Crippen LogP contribution in [0.4, 0.5) is 17.3 Å².